The minimum atomic E-state index is -3.22. The van der Waals surface area contributed by atoms with Gasteiger partial charge in [-0.15, -0.1) is 24.8 Å². The summed E-state index contributed by atoms with van der Waals surface area (Å²) in [7, 11) is -3.22. The Balaban J connectivity index is 0.000000415. The number of aromatic nitrogens is 1. The minimum absolute atomic E-state index is 0. The second-order valence-corrected chi connectivity index (χ2v) is 10.3. The molecule has 0 saturated carbocycles. The maximum absolute atomic E-state index is 12.3. The number of benzene rings is 2. The van der Waals surface area contributed by atoms with Crippen molar-refractivity contribution in [2.75, 3.05) is 31.9 Å². The summed E-state index contributed by atoms with van der Waals surface area (Å²) in [5.74, 6) is -2.19. The zero-order chi connectivity index (χ0) is 26.3. The van der Waals surface area contributed by atoms with Gasteiger partial charge in [0.15, 0.2) is 0 Å². The first-order chi connectivity index (χ1) is 17.1. The van der Waals surface area contributed by atoms with E-state index in [2.05, 4.69) is 10.3 Å². The number of carboxylic acids is 2. The lowest BCUT2D eigenvalue weighted by atomic mass is 10.0. The van der Waals surface area contributed by atoms with Gasteiger partial charge in [0.05, 0.1) is 16.9 Å². The molecular weight excluding hydrogens is 553 g/mol. The Morgan fingerprint density at radius 1 is 0.974 bits per heavy atom. The molecule has 0 spiro atoms. The molecule has 0 bridgehead atoms. The average Bonchev–Trinajstić information content (AvgIpc) is 2.85. The fraction of sp³-hybridized carbons (Fsp3) is 0.269. The van der Waals surface area contributed by atoms with Crippen molar-refractivity contribution in [3.8, 4) is 0 Å². The van der Waals surface area contributed by atoms with Crippen LogP contribution in [0.15, 0.2) is 54.9 Å². The predicted molar refractivity (Wildman–Crippen MR) is 153 cm³/mol. The molecular formula is C26H31Cl2N3O6S. The minimum Gasteiger partial charge on any atom is -0.478 e. The van der Waals surface area contributed by atoms with Gasteiger partial charge in [0.1, 0.15) is 0 Å². The number of carbonyl (C=O) groups is 2. The Morgan fingerprint density at radius 2 is 1.55 bits per heavy atom. The highest BCUT2D eigenvalue weighted by molar-refractivity contribution is 7.89. The van der Waals surface area contributed by atoms with E-state index >= 15 is 0 Å². The molecule has 1 aliphatic heterocycles. The summed E-state index contributed by atoms with van der Waals surface area (Å²) in [6.07, 6.45) is 7.30. The van der Waals surface area contributed by atoms with Crippen molar-refractivity contribution >= 4 is 63.6 Å². The van der Waals surface area contributed by atoms with E-state index < -0.39 is 22.0 Å². The highest BCUT2D eigenvalue weighted by atomic mass is 35.5. The fourth-order valence-electron chi connectivity index (χ4n) is 4.01. The molecule has 9 nitrogen and oxygen atoms in total. The van der Waals surface area contributed by atoms with Crippen LogP contribution >= 0.6 is 24.8 Å². The van der Waals surface area contributed by atoms with Gasteiger partial charge < -0.3 is 15.5 Å². The Morgan fingerprint density at radius 3 is 2.13 bits per heavy atom. The van der Waals surface area contributed by atoms with E-state index in [1.165, 1.54) is 25.1 Å². The molecule has 1 saturated heterocycles. The molecule has 4 rings (SSSR count). The molecule has 0 amide bonds. The van der Waals surface area contributed by atoms with Gasteiger partial charge in [-0.05, 0) is 48.1 Å². The van der Waals surface area contributed by atoms with Crippen LogP contribution in [0.2, 0.25) is 0 Å². The summed E-state index contributed by atoms with van der Waals surface area (Å²) >= 11 is 0. The standard InChI is InChI=1S/C17H21N3O2S.C9H8O4.2ClH/c1-14-12-19-13-16-5-2-4-15(17(14)16)6-3-11-23(21,22)20-9-7-18-8-10-20;1-5-6(8(10)11)3-2-4-7(5)9(12)13;;/h2-6,12-13,18H,7-11H2,1H3;2-4H,1H3,(H,10,11)(H,12,13);2*1H. The van der Waals surface area contributed by atoms with Crippen molar-refractivity contribution in [2.24, 2.45) is 0 Å². The molecule has 0 radical (unpaired) electrons. The first-order valence-corrected chi connectivity index (χ1v) is 13.0. The zero-order valence-corrected chi connectivity index (χ0v) is 23.4. The van der Waals surface area contributed by atoms with Gasteiger partial charge >= 0.3 is 11.9 Å². The molecule has 3 aromatic rings. The summed E-state index contributed by atoms with van der Waals surface area (Å²) in [4.78, 5) is 25.4. The maximum Gasteiger partial charge on any atom is 0.335 e. The van der Waals surface area contributed by atoms with Crippen molar-refractivity contribution in [3.63, 3.8) is 0 Å². The van der Waals surface area contributed by atoms with Crippen LogP contribution in [-0.4, -0.2) is 71.8 Å². The van der Waals surface area contributed by atoms with Crippen LogP contribution in [0.3, 0.4) is 0 Å². The van der Waals surface area contributed by atoms with E-state index in [4.69, 9.17) is 10.2 Å². The van der Waals surface area contributed by atoms with Crippen molar-refractivity contribution in [3.05, 3.63) is 82.7 Å². The summed E-state index contributed by atoms with van der Waals surface area (Å²) in [5, 5.41) is 22.7. The third kappa shape index (κ3) is 8.24. The van der Waals surface area contributed by atoms with Gasteiger partial charge in [0.2, 0.25) is 10.0 Å². The lowest BCUT2D eigenvalue weighted by Gasteiger charge is -2.26. The van der Waals surface area contributed by atoms with E-state index in [-0.39, 0.29) is 47.3 Å². The number of carboxylic acid groups (broad SMARTS) is 2. The van der Waals surface area contributed by atoms with Crippen LogP contribution in [0.5, 0.6) is 0 Å². The lowest BCUT2D eigenvalue weighted by Crippen LogP contribution is -2.46. The quantitative estimate of drug-likeness (QED) is 0.395. The molecule has 206 valence electrons. The number of nitrogens with one attached hydrogen (secondary N) is 1. The second-order valence-electron chi connectivity index (χ2n) is 8.32. The monoisotopic (exact) mass is 583 g/mol. The number of aromatic carboxylic acids is 2. The highest BCUT2D eigenvalue weighted by Crippen LogP contribution is 2.22. The maximum atomic E-state index is 12.3. The molecule has 0 atom stereocenters. The molecule has 3 N–H and O–H groups in total. The number of rotatable bonds is 6. The molecule has 2 aromatic carbocycles. The van der Waals surface area contributed by atoms with E-state index in [9.17, 15) is 18.0 Å². The normalized spacial score (nSPS) is 13.6. The van der Waals surface area contributed by atoms with Crippen LogP contribution in [0.4, 0.5) is 0 Å². The van der Waals surface area contributed by atoms with Crippen molar-refractivity contribution in [1.29, 1.82) is 0 Å². The van der Waals surface area contributed by atoms with Crippen LogP contribution in [0, 0.1) is 13.8 Å². The predicted octanol–water partition coefficient (Wildman–Crippen LogP) is 4.03. The van der Waals surface area contributed by atoms with Crippen LogP contribution in [-0.2, 0) is 10.0 Å². The summed E-state index contributed by atoms with van der Waals surface area (Å²) in [6.45, 7) is 6.04. The number of hydrogen-bond donors (Lipinski definition) is 3. The van der Waals surface area contributed by atoms with Gasteiger partial charge in [-0.3, -0.25) is 4.98 Å². The first kappa shape index (κ1) is 33.0. The van der Waals surface area contributed by atoms with E-state index in [0.29, 0.717) is 13.1 Å². The second kappa shape index (κ2) is 14.8. The average molecular weight is 585 g/mol. The molecule has 12 heteroatoms. The van der Waals surface area contributed by atoms with Gasteiger partial charge in [-0.2, -0.15) is 4.31 Å². The van der Waals surface area contributed by atoms with Crippen LogP contribution in [0.1, 0.15) is 37.4 Å². The molecule has 1 aliphatic rings. The molecule has 38 heavy (non-hydrogen) atoms. The van der Waals surface area contributed by atoms with Gasteiger partial charge in [0.25, 0.3) is 0 Å². The summed E-state index contributed by atoms with van der Waals surface area (Å²) in [5.41, 5.74) is 2.45. The number of nitrogens with zero attached hydrogens (tertiary/aromatic N) is 2. The molecule has 0 aliphatic carbocycles. The first-order valence-electron chi connectivity index (χ1n) is 11.4. The van der Waals surface area contributed by atoms with Crippen molar-refractivity contribution in [1.82, 2.24) is 14.6 Å². The smallest absolute Gasteiger partial charge is 0.335 e. The van der Waals surface area contributed by atoms with Crippen molar-refractivity contribution in [2.45, 2.75) is 13.8 Å². The third-order valence-corrected chi connectivity index (χ3v) is 7.64. The Labute approximate surface area is 234 Å². The van der Waals surface area contributed by atoms with Crippen LogP contribution < -0.4 is 5.32 Å². The van der Waals surface area contributed by atoms with Crippen LogP contribution in [0.25, 0.3) is 16.8 Å². The van der Waals surface area contributed by atoms with E-state index in [1.54, 1.807) is 10.4 Å². The number of piperazine rings is 1. The SMILES string of the molecule is Cc1c(C(=O)O)cccc1C(=O)O.Cc1cncc2cccc(C=CCS(=O)(=O)N3CCNCC3)c12.Cl.Cl. The Bertz CT molecular complexity index is 1370. The number of aryl methyl sites for hydroxylation is 1. The topological polar surface area (TPSA) is 137 Å². The summed E-state index contributed by atoms with van der Waals surface area (Å²) < 4.78 is 26.2. The highest BCUT2D eigenvalue weighted by Gasteiger charge is 2.22. The largest absolute Gasteiger partial charge is 0.478 e. The fourth-order valence-corrected chi connectivity index (χ4v) is 5.30. The molecule has 1 aromatic heterocycles. The van der Waals surface area contributed by atoms with E-state index in [1.807, 2.05) is 43.6 Å². The Kier molecular flexibility index (Phi) is 12.9. The molecule has 0 unspecified atom stereocenters. The number of pyridine rings is 1. The zero-order valence-electron chi connectivity index (χ0n) is 21.0. The number of fused-ring (bicyclic) bond motifs is 1. The lowest BCUT2D eigenvalue weighted by molar-refractivity contribution is 0.0696. The summed E-state index contributed by atoms with van der Waals surface area (Å²) in [6, 6.07) is 10.2. The number of hydrogen-bond acceptors (Lipinski definition) is 6. The molecule has 2 heterocycles. The van der Waals surface area contributed by atoms with Crippen molar-refractivity contribution < 1.29 is 28.2 Å². The van der Waals surface area contributed by atoms with Gasteiger partial charge in [-0.1, -0.05) is 36.4 Å². The van der Waals surface area contributed by atoms with Gasteiger partial charge in [-0.25, -0.2) is 18.0 Å². The Hall–Kier alpha value is -3.02. The van der Waals surface area contributed by atoms with E-state index in [0.717, 1.165) is 35.0 Å². The van der Waals surface area contributed by atoms with Gasteiger partial charge in [0, 0.05) is 44.0 Å². The number of sulfonamides is 1. The number of halogens is 2. The molecule has 1 fully saturated rings. The third-order valence-electron chi connectivity index (χ3n) is 5.87.